The summed E-state index contributed by atoms with van der Waals surface area (Å²) in [6.07, 6.45) is 0.0139. The molecule has 0 aliphatic heterocycles. The summed E-state index contributed by atoms with van der Waals surface area (Å²) < 4.78 is 31.5. The number of benzene rings is 2. The van der Waals surface area contributed by atoms with Crippen molar-refractivity contribution < 1.29 is 18.3 Å². The van der Waals surface area contributed by atoms with Gasteiger partial charge >= 0.3 is 0 Å². The third kappa shape index (κ3) is 3.32. The zero-order valence-electron chi connectivity index (χ0n) is 10.8. The molecule has 5 heteroatoms. The highest BCUT2D eigenvalue weighted by Gasteiger charge is 2.11. The van der Waals surface area contributed by atoms with E-state index in [0.29, 0.717) is 11.3 Å². The van der Waals surface area contributed by atoms with Crippen molar-refractivity contribution in [3.63, 3.8) is 0 Å². The Morgan fingerprint density at radius 2 is 1.95 bits per heavy atom. The Labute approximate surface area is 115 Å². The van der Waals surface area contributed by atoms with Crippen LogP contribution in [0.4, 0.5) is 14.5 Å². The highest BCUT2D eigenvalue weighted by Crippen LogP contribution is 2.19. The van der Waals surface area contributed by atoms with Gasteiger partial charge in [0.25, 0.3) is 0 Å². The van der Waals surface area contributed by atoms with Crippen molar-refractivity contribution in [2.45, 2.75) is 6.42 Å². The highest BCUT2D eigenvalue weighted by molar-refractivity contribution is 5.92. The molecule has 0 aromatic heterocycles. The van der Waals surface area contributed by atoms with Gasteiger partial charge in [0.05, 0.1) is 19.2 Å². The first-order valence-corrected chi connectivity index (χ1v) is 5.97. The quantitative estimate of drug-likeness (QED) is 0.932. The van der Waals surface area contributed by atoms with E-state index in [1.165, 1.54) is 7.11 Å². The minimum absolute atomic E-state index is 0.0139. The lowest BCUT2D eigenvalue weighted by Crippen LogP contribution is -2.16. The average Bonchev–Trinajstić information content (AvgIpc) is 2.43. The molecule has 0 radical (unpaired) electrons. The van der Waals surface area contributed by atoms with E-state index in [-0.39, 0.29) is 12.1 Å². The molecule has 0 atom stereocenters. The van der Waals surface area contributed by atoms with E-state index in [4.69, 9.17) is 4.74 Å². The predicted molar refractivity (Wildman–Crippen MR) is 71.7 cm³/mol. The van der Waals surface area contributed by atoms with Gasteiger partial charge in [0.2, 0.25) is 5.91 Å². The van der Waals surface area contributed by atoms with Crippen LogP contribution in [0.25, 0.3) is 0 Å². The van der Waals surface area contributed by atoms with E-state index in [2.05, 4.69) is 5.32 Å². The molecule has 0 bridgehead atoms. The topological polar surface area (TPSA) is 38.3 Å². The van der Waals surface area contributed by atoms with E-state index in [9.17, 15) is 13.6 Å². The molecule has 1 amide bonds. The summed E-state index contributed by atoms with van der Waals surface area (Å²) in [7, 11) is 1.50. The zero-order valence-corrected chi connectivity index (χ0v) is 10.8. The van der Waals surface area contributed by atoms with E-state index in [1.807, 2.05) is 0 Å². The first-order valence-electron chi connectivity index (χ1n) is 5.97. The van der Waals surface area contributed by atoms with E-state index < -0.39 is 17.5 Å². The maximum Gasteiger partial charge on any atom is 0.229 e. The predicted octanol–water partition coefficient (Wildman–Crippen LogP) is 3.15. The molecule has 0 saturated carbocycles. The smallest absolute Gasteiger partial charge is 0.229 e. The normalized spacial score (nSPS) is 10.2. The number of para-hydroxylation sites is 1. The fraction of sp³-hybridized carbons (Fsp3) is 0.133. The number of nitrogens with one attached hydrogen (secondary N) is 1. The number of hydrogen-bond acceptors (Lipinski definition) is 2. The maximum atomic E-state index is 13.4. The summed E-state index contributed by atoms with van der Waals surface area (Å²) in [5, 5.41) is 2.34. The summed E-state index contributed by atoms with van der Waals surface area (Å²) in [5.41, 5.74) is 0.495. The SMILES string of the molecule is COc1ccccc1CC(=O)Nc1cc(F)ccc1F. The molecule has 104 valence electrons. The molecule has 2 rings (SSSR count). The molecule has 0 unspecified atom stereocenters. The molecule has 0 saturated heterocycles. The van der Waals surface area contributed by atoms with Crippen LogP contribution in [0.1, 0.15) is 5.56 Å². The second-order valence-electron chi connectivity index (χ2n) is 4.16. The maximum absolute atomic E-state index is 13.4. The van der Waals surface area contributed by atoms with Crippen molar-refractivity contribution in [1.29, 1.82) is 0 Å². The Balaban J connectivity index is 2.11. The summed E-state index contributed by atoms with van der Waals surface area (Å²) >= 11 is 0. The van der Waals surface area contributed by atoms with Crippen molar-refractivity contribution in [2.24, 2.45) is 0 Å². The van der Waals surface area contributed by atoms with Gasteiger partial charge in [-0.1, -0.05) is 18.2 Å². The number of carbonyl (C=O) groups is 1. The Hall–Kier alpha value is -2.43. The van der Waals surface area contributed by atoms with Crippen LogP contribution >= 0.6 is 0 Å². The van der Waals surface area contributed by atoms with Crippen LogP contribution in [0, 0.1) is 11.6 Å². The lowest BCUT2D eigenvalue weighted by Gasteiger charge is -2.09. The second kappa shape index (κ2) is 6.14. The van der Waals surface area contributed by atoms with Crippen LogP contribution in [0.3, 0.4) is 0 Å². The van der Waals surface area contributed by atoms with Gasteiger partial charge in [-0.25, -0.2) is 8.78 Å². The van der Waals surface area contributed by atoms with Crippen LogP contribution in [0.2, 0.25) is 0 Å². The molecule has 3 nitrogen and oxygen atoms in total. The van der Waals surface area contributed by atoms with Crippen molar-refractivity contribution in [3.05, 3.63) is 59.7 Å². The van der Waals surface area contributed by atoms with Gasteiger partial charge in [0.15, 0.2) is 0 Å². The van der Waals surface area contributed by atoms with Crippen molar-refractivity contribution in [1.82, 2.24) is 0 Å². The van der Waals surface area contributed by atoms with Crippen molar-refractivity contribution in [3.8, 4) is 5.75 Å². The van der Waals surface area contributed by atoms with Gasteiger partial charge in [0, 0.05) is 11.6 Å². The lowest BCUT2D eigenvalue weighted by atomic mass is 10.1. The number of ether oxygens (including phenoxy) is 1. The third-order valence-corrected chi connectivity index (χ3v) is 2.75. The summed E-state index contributed by atoms with van der Waals surface area (Å²) in [5.74, 6) is -1.17. The molecule has 20 heavy (non-hydrogen) atoms. The minimum atomic E-state index is -0.681. The monoisotopic (exact) mass is 277 g/mol. The number of anilines is 1. The Morgan fingerprint density at radius 1 is 1.20 bits per heavy atom. The Morgan fingerprint density at radius 3 is 2.70 bits per heavy atom. The fourth-order valence-corrected chi connectivity index (χ4v) is 1.81. The standard InChI is InChI=1S/C15H13F2NO2/c1-20-14-5-3-2-4-10(14)8-15(19)18-13-9-11(16)6-7-12(13)17/h2-7,9H,8H2,1H3,(H,18,19). The summed E-state index contributed by atoms with van der Waals surface area (Å²) in [6, 6.07) is 9.92. The van der Waals surface area contributed by atoms with Crippen LogP contribution in [-0.2, 0) is 11.2 Å². The molecule has 0 aliphatic rings. The van der Waals surface area contributed by atoms with E-state index in [1.54, 1.807) is 24.3 Å². The zero-order chi connectivity index (χ0) is 14.5. The van der Waals surface area contributed by atoms with Gasteiger partial charge in [-0.15, -0.1) is 0 Å². The van der Waals surface area contributed by atoms with E-state index >= 15 is 0 Å². The molecule has 0 heterocycles. The average molecular weight is 277 g/mol. The lowest BCUT2D eigenvalue weighted by molar-refractivity contribution is -0.115. The molecule has 0 aliphatic carbocycles. The Bertz CT molecular complexity index is 629. The molecule has 0 fully saturated rings. The van der Waals surface area contributed by atoms with Gasteiger partial charge < -0.3 is 10.1 Å². The molecular weight excluding hydrogens is 264 g/mol. The third-order valence-electron chi connectivity index (χ3n) is 2.75. The number of rotatable bonds is 4. The van der Waals surface area contributed by atoms with Gasteiger partial charge in [-0.3, -0.25) is 4.79 Å². The number of hydrogen-bond donors (Lipinski definition) is 1. The highest BCUT2D eigenvalue weighted by atomic mass is 19.1. The fourth-order valence-electron chi connectivity index (χ4n) is 1.81. The van der Waals surface area contributed by atoms with Crippen LogP contribution in [0.15, 0.2) is 42.5 Å². The van der Waals surface area contributed by atoms with Crippen LogP contribution in [-0.4, -0.2) is 13.0 Å². The van der Waals surface area contributed by atoms with Crippen LogP contribution in [0.5, 0.6) is 5.75 Å². The van der Waals surface area contributed by atoms with E-state index in [0.717, 1.165) is 18.2 Å². The second-order valence-corrected chi connectivity index (χ2v) is 4.16. The summed E-state index contributed by atoms with van der Waals surface area (Å²) in [4.78, 5) is 11.9. The van der Waals surface area contributed by atoms with Crippen LogP contribution < -0.4 is 10.1 Å². The Kier molecular flexibility index (Phi) is 4.30. The molecule has 1 N–H and O–H groups in total. The largest absolute Gasteiger partial charge is 0.496 e. The molecule has 0 spiro atoms. The first kappa shape index (κ1) is 14.0. The van der Waals surface area contributed by atoms with Crippen molar-refractivity contribution in [2.75, 3.05) is 12.4 Å². The number of halogens is 2. The van der Waals surface area contributed by atoms with Gasteiger partial charge in [-0.2, -0.15) is 0 Å². The van der Waals surface area contributed by atoms with Gasteiger partial charge in [-0.05, 0) is 18.2 Å². The minimum Gasteiger partial charge on any atom is -0.496 e. The molecule has 2 aromatic rings. The summed E-state index contributed by atoms with van der Waals surface area (Å²) in [6.45, 7) is 0. The van der Waals surface area contributed by atoms with Gasteiger partial charge in [0.1, 0.15) is 17.4 Å². The number of carbonyl (C=O) groups excluding carboxylic acids is 1. The molecule has 2 aromatic carbocycles. The molecular formula is C15H13F2NO2. The number of methoxy groups -OCH3 is 1. The first-order chi connectivity index (χ1) is 9.60. The van der Waals surface area contributed by atoms with Crippen molar-refractivity contribution >= 4 is 11.6 Å². The number of amides is 1.